The Morgan fingerprint density at radius 1 is 1.13 bits per heavy atom. The molecule has 10 heteroatoms. The van der Waals surface area contributed by atoms with Crippen LogP contribution in [0.5, 0.6) is 0 Å². The number of carbonyl (C=O) groups is 1. The molecule has 204 valence electrons. The van der Waals surface area contributed by atoms with Crippen LogP contribution in [0.3, 0.4) is 0 Å². The van der Waals surface area contributed by atoms with Crippen LogP contribution >= 0.6 is 0 Å². The summed E-state index contributed by atoms with van der Waals surface area (Å²) in [5.41, 5.74) is 1.57. The molecule has 1 aliphatic rings. The van der Waals surface area contributed by atoms with Crippen molar-refractivity contribution in [1.82, 2.24) is 4.90 Å². The minimum absolute atomic E-state index is 0.0756. The SMILES string of the molecule is C[C@@H](c1ccc(F)cc1)[NH+]1CCN(Cc2oc(C(C)(C)C)cc2C(=O)Nc2cccc(S(N)(=O)=O)c2)CC1. The molecule has 2 aromatic carbocycles. The first-order valence-electron chi connectivity index (χ1n) is 12.7. The first kappa shape index (κ1) is 28.0. The van der Waals surface area contributed by atoms with E-state index in [-0.39, 0.29) is 28.1 Å². The molecule has 0 radical (unpaired) electrons. The first-order chi connectivity index (χ1) is 17.8. The van der Waals surface area contributed by atoms with Gasteiger partial charge >= 0.3 is 0 Å². The summed E-state index contributed by atoms with van der Waals surface area (Å²) in [6, 6.07) is 14.6. The highest BCUT2D eigenvalue weighted by molar-refractivity contribution is 7.89. The van der Waals surface area contributed by atoms with E-state index in [0.29, 0.717) is 29.3 Å². The lowest BCUT2D eigenvalue weighted by molar-refractivity contribution is -0.934. The Hall–Kier alpha value is -3.05. The van der Waals surface area contributed by atoms with Crippen molar-refractivity contribution < 1.29 is 26.9 Å². The molecule has 4 N–H and O–H groups in total. The van der Waals surface area contributed by atoms with Gasteiger partial charge in [0.1, 0.15) is 23.4 Å². The number of benzene rings is 2. The number of hydrogen-bond donors (Lipinski definition) is 3. The largest absolute Gasteiger partial charge is 0.463 e. The van der Waals surface area contributed by atoms with Crippen molar-refractivity contribution in [3.63, 3.8) is 0 Å². The standard InChI is InChI=1S/C28H35FN4O4S/c1-19(20-8-10-21(29)11-9-20)33-14-12-32(13-15-33)18-25-24(17-26(37-25)28(2,3)4)27(34)31-22-6-5-7-23(16-22)38(30,35)36/h5-11,16-17,19H,12-15,18H2,1-4H3,(H,31,34)(H2,30,35,36)/p+1/t19-/m0/s1. The van der Waals surface area contributed by atoms with Gasteiger partial charge in [0, 0.05) is 29.8 Å². The average molecular weight is 544 g/mol. The minimum Gasteiger partial charge on any atom is -0.463 e. The third-order valence-corrected chi connectivity index (χ3v) is 7.97. The molecular formula is C28H36FN4O4S+. The topological polar surface area (TPSA) is 110 Å². The van der Waals surface area contributed by atoms with Crippen LogP contribution in [0.25, 0.3) is 0 Å². The lowest BCUT2D eigenvalue weighted by Crippen LogP contribution is -3.14. The zero-order chi connectivity index (χ0) is 27.7. The fourth-order valence-electron chi connectivity index (χ4n) is 4.68. The van der Waals surface area contributed by atoms with Crippen LogP contribution in [0.2, 0.25) is 0 Å². The highest BCUT2D eigenvalue weighted by Crippen LogP contribution is 2.29. The fraction of sp³-hybridized carbons (Fsp3) is 0.393. The van der Waals surface area contributed by atoms with Crippen LogP contribution in [-0.2, 0) is 22.0 Å². The van der Waals surface area contributed by atoms with E-state index in [1.807, 2.05) is 32.9 Å². The van der Waals surface area contributed by atoms with Crippen LogP contribution in [-0.4, -0.2) is 45.4 Å². The summed E-state index contributed by atoms with van der Waals surface area (Å²) in [6.07, 6.45) is 0. The van der Waals surface area contributed by atoms with Gasteiger partial charge in [-0.1, -0.05) is 39.0 Å². The lowest BCUT2D eigenvalue weighted by Gasteiger charge is -2.35. The van der Waals surface area contributed by atoms with E-state index in [1.54, 1.807) is 12.1 Å². The molecule has 1 aliphatic heterocycles. The summed E-state index contributed by atoms with van der Waals surface area (Å²) in [5.74, 6) is 0.668. The number of piperazine rings is 1. The van der Waals surface area contributed by atoms with E-state index < -0.39 is 10.0 Å². The Morgan fingerprint density at radius 2 is 1.79 bits per heavy atom. The number of rotatable bonds is 7. The van der Waals surface area contributed by atoms with E-state index in [4.69, 9.17) is 9.56 Å². The number of sulfonamides is 1. The number of carbonyl (C=O) groups excluding carboxylic acids is 1. The van der Waals surface area contributed by atoms with Gasteiger partial charge in [0.15, 0.2) is 0 Å². The number of hydrogen-bond acceptors (Lipinski definition) is 5. The molecule has 0 spiro atoms. The normalized spacial score (nSPS) is 16.4. The van der Waals surface area contributed by atoms with Crippen molar-refractivity contribution in [2.24, 2.45) is 5.14 Å². The molecule has 1 saturated heterocycles. The van der Waals surface area contributed by atoms with Crippen molar-refractivity contribution >= 4 is 21.6 Å². The van der Waals surface area contributed by atoms with Crippen molar-refractivity contribution in [3.05, 3.63) is 83.1 Å². The van der Waals surface area contributed by atoms with Gasteiger partial charge in [0.2, 0.25) is 10.0 Å². The summed E-state index contributed by atoms with van der Waals surface area (Å²) >= 11 is 0. The number of anilines is 1. The number of nitrogens with zero attached hydrogens (tertiary/aromatic N) is 1. The number of halogens is 1. The van der Waals surface area contributed by atoms with Crippen molar-refractivity contribution in [1.29, 1.82) is 0 Å². The summed E-state index contributed by atoms with van der Waals surface area (Å²) in [5, 5.41) is 8.03. The highest BCUT2D eigenvalue weighted by Gasteiger charge is 2.29. The zero-order valence-corrected chi connectivity index (χ0v) is 23.1. The second-order valence-electron chi connectivity index (χ2n) is 10.9. The molecule has 0 aliphatic carbocycles. The molecule has 1 fully saturated rings. The monoisotopic (exact) mass is 543 g/mol. The van der Waals surface area contributed by atoms with Crippen molar-refractivity contribution in [2.45, 2.75) is 50.6 Å². The summed E-state index contributed by atoms with van der Waals surface area (Å²) in [4.78, 5) is 16.9. The number of furan rings is 1. The second-order valence-corrected chi connectivity index (χ2v) is 12.5. The Balaban J connectivity index is 1.47. The molecular weight excluding hydrogens is 507 g/mol. The van der Waals surface area contributed by atoms with Gasteiger partial charge in [-0.25, -0.2) is 17.9 Å². The third-order valence-electron chi connectivity index (χ3n) is 7.06. The Bertz CT molecular complexity index is 1390. The van der Waals surface area contributed by atoms with E-state index >= 15 is 0 Å². The van der Waals surface area contributed by atoms with Crippen LogP contribution in [0, 0.1) is 5.82 Å². The van der Waals surface area contributed by atoms with Gasteiger partial charge < -0.3 is 14.6 Å². The fourth-order valence-corrected chi connectivity index (χ4v) is 5.24. The van der Waals surface area contributed by atoms with E-state index in [1.165, 1.54) is 35.2 Å². The number of nitrogens with one attached hydrogen (secondary N) is 2. The maximum absolute atomic E-state index is 13.3. The van der Waals surface area contributed by atoms with Gasteiger partial charge in [-0.3, -0.25) is 9.69 Å². The first-order valence-corrected chi connectivity index (χ1v) is 14.3. The van der Waals surface area contributed by atoms with Gasteiger partial charge in [-0.15, -0.1) is 0 Å². The number of amides is 1. The minimum atomic E-state index is -3.89. The van der Waals surface area contributed by atoms with Gasteiger partial charge in [0.05, 0.1) is 30.1 Å². The van der Waals surface area contributed by atoms with Gasteiger partial charge in [-0.05, 0) is 43.3 Å². The molecule has 3 aromatic rings. The third kappa shape index (κ3) is 6.68. The van der Waals surface area contributed by atoms with E-state index in [9.17, 15) is 17.6 Å². The summed E-state index contributed by atoms with van der Waals surface area (Å²) < 4.78 is 43.0. The Labute approximate surface area is 223 Å². The quantitative estimate of drug-likeness (QED) is 0.424. The molecule has 1 atom stereocenters. The molecule has 0 bridgehead atoms. The van der Waals surface area contributed by atoms with Crippen LogP contribution in [0.4, 0.5) is 10.1 Å². The lowest BCUT2D eigenvalue weighted by atomic mass is 9.93. The molecule has 8 nitrogen and oxygen atoms in total. The predicted octanol–water partition coefficient (Wildman–Crippen LogP) is 3.08. The smallest absolute Gasteiger partial charge is 0.259 e. The Morgan fingerprint density at radius 3 is 2.39 bits per heavy atom. The van der Waals surface area contributed by atoms with Crippen LogP contribution in [0.15, 0.2) is 63.9 Å². The van der Waals surface area contributed by atoms with Crippen molar-refractivity contribution in [2.75, 3.05) is 31.5 Å². The average Bonchev–Trinajstić information content (AvgIpc) is 3.29. The maximum Gasteiger partial charge on any atom is 0.259 e. The van der Waals surface area contributed by atoms with Crippen LogP contribution < -0.4 is 15.4 Å². The van der Waals surface area contributed by atoms with E-state index in [2.05, 4.69) is 17.1 Å². The maximum atomic E-state index is 13.3. The van der Waals surface area contributed by atoms with Crippen molar-refractivity contribution in [3.8, 4) is 0 Å². The number of quaternary nitrogens is 1. The Kier molecular flexibility index (Phi) is 8.08. The molecule has 1 aromatic heterocycles. The predicted molar refractivity (Wildman–Crippen MR) is 144 cm³/mol. The molecule has 38 heavy (non-hydrogen) atoms. The number of nitrogens with two attached hydrogens (primary N) is 1. The molecule has 0 saturated carbocycles. The molecule has 2 heterocycles. The molecule has 1 amide bonds. The zero-order valence-electron chi connectivity index (χ0n) is 22.3. The summed E-state index contributed by atoms with van der Waals surface area (Å²) in [7, 11) is -3.89. The second kappa shape index (κ2) is 11.0. The molecule has 0 unspecified atom stereocenters. The van der Waals surface area contributed by atoms with Gasteiger partial charge in [0.25, 0.3) is 5.91 Å². The van der Waals surface area contributed by atoms with Gasteiger partial charge in [-0.2, -0.15) is 0 Å². The van der Waals surface area contributed by atoms with Crippen LogP contribution in [0.1, 0.15) is 61.2 Å². The highest BCUT2D eigenvalue weighted by atomic mass is 32.2. The van der Waals surface area contributed by atoms with E-state index in [0.717, 1.165) is 31.7 Å². The summed E-state index contributed by atoms with van der Waals surface area (Å²) in [6.45, 7) is 12.2. The molecule has 4 rings (SSSR count). The number of primary sulfonamides is 1.